The van der Waals surface area contributed by atoms with Gasteiger partial charge in [0.15, 0.2) is 5.79 Å². The zero-order valence-electron chi connectivity index (χ0n) is 17.1. The van der Waals surface area contributed by atoms with Crippen LogP contribution >= 0.6 is 11.6 Å². The summed E-state index contributed by atoms with van der Waals surface area (Å²) in [4.78, 5) is 25.9. The fraction of sp³-hybridized carbons (Fsp3) is 0.700. The summed E-state index contributed by atoms with van der Waals surface area (Å²) >= 11 is 5.96. The number of β-lactam (4-membered cyclic amide) rings is 1. The maximum atomic E-state index is 13.7. The van der Waals surface area contributed by atoms with Gasteiger partial charge in [-0.3, -0.25) is 9.69 Å². The average molecular weight is 466 g/mol. The van der Waals surface area contributed by atoms with E-state index in [-0.39, 0.29) is 6.42 Å². The number of hydrogen-bond acceptors (Lipinski definition) is 5. The molecule has 0 aromatic heterocycles. The van der Waals surface area contributed by atoms with E-state index in [0.717, 1.165) is 13.3 Å². The number of allylic oxidation sites excluding steroid dienone is 2. The second kappa shape index (κ2) is 8.99. The molecule has 3 rings (SSSR count). The van der Waals surface area contributed by atoms with Crippen LogP contribution in [-0.4, -0.2) is 57.6 Å². The van der Waals surface area contributed by atoms with Crippen molar-refractivity contribution in [1.82, 2.24) is 15.5 Å². The van der Waals surface area contributed by atoms with Gasteiger partial charge in [0.05, 0.1) is 12.5 Å². The first kappa shape index (κ1) is 23.9. The molecule has 7 nitrogen and oxygen atoms in total. The summed E-state index contributed by atoms with van der Waals surface area (Å²) in [7, 11) is 0. The summed E-state index contributed by atoms with van der Waals surface area (Å²) in [6.07, 6.45) is 1.41. The molecule has 2 heterocycles. The number of alkyl halides is 3. The standard InChI is InChI=1S/C20H27ClF3N3O4/c1-19(30,31)16-14(8-11-7-13(21)10-25-9-11)17(28)27(16)18(29)26-15(20(22,23)24)12-5-3-2-4-6-12/h7,9,12,14-16,25,30-31H,2-6,8,10H2,1H3,(H,26,29)/t14-,15+,16+/m1/s1. The molecule has 0 radical (unpaired) electrons. The van der Waals surface area contributed by atoms with Gasteiger partial charge in [-0.15, -0.1) is 0 Å². The number of carbonyl (C=O) groups is 2. The average Bonchev–Trinajstić information content (AvgIpc) is 2.67. The maximum Gasteiger partial charge on any atom is 0.408 e. The van der Waals surface area contributed by atoms with E-state index in [1.54, 1.807) is 12.3 Å². The number of rotatable bonds is 5. The van der Waals surface area contributed by atoms with Crippen LogP contribution in [0.5, 0.6) is 0 Å². The first-order valence-electron chi connectivity index (χ1n) is 10.3. The SMILES string of the molecule is CC(O)(O)[C@@H]1[C@@H](CC2=CNCC(Cl)=C2)C(=O)N1C(=O)N[C@@H](C1CCCCC1)C(F)(F)F. The first-order valence-corrected chi connectivity index (χ1v) is 10.7. The smallest absolute Gasteiger partial charge is 0.386 e. The molecule has 1 saturated carbocycles. The van der Waals surface area contributed by atoms with E-state index in [9.17, 15) is 33.0 Å². The van der Waals surface area contributed by atoms with Crippen LogP contribution < -0.4 is 10.6 Å². The maximum absolute atomic E-state index is 13.7. The van der Waals surface area contributed by atoms with Crippen molar-refractivity contribution in [2.75, 3.05) is 6.54 Å². The van der Waals surface area contributed by atoms with Crippen molar-refractivity contribution >= 4 is 23.5 Å². The lowest BCUT2D eigenvalue weighted by Crippen LogP contribution is -2.73. The van der Waals surface area contributed by atoms with Crippen LogP contribution in [0.1, 0.15) is 45.4 Å². The molecular weight excluding hydrogens is 439 g/mol. The molecule has 1 aliphatic carbocycles. The fourth-order valence-corrected chi connectivity index (χ4v) is 4.90. The molecule has 0 aromatic carbocycles. The summed E-state index contributed by atoms with van der Waals surface area (Å²) in [6, 6.07) is -4.75. The van der Waals surface area contributed by atoms with E-state index >= 15 is 0 Å². The van der Waals surface area contributed by atoms with Crippen molar-refractivity contribution in [3.63, 3.8) is 0 Å². The van der Waals surface area contributed by atoms with Crippen molar-refractivity contribution in [2.24, 2.45) is 11.8 Å². The van der Waals surface area contributed by atoms with Gasteiger partial charge in [0, 0.05) is 11.2 Å². The molecule has 0 aromatic rings. The highest BCUT2D eigenvalue weighted by Gasteiger charge is 2.59. The Morgan fingerprint density at radius 3 is 2.52 bits per heavy atom. The van der Waals surface area contributed by atoms with Crippen molar-refractivity contribution < 1.29 is 33.0 Å². The van der Waals surface area contributed by atoms with Gasteiger partial charge < -0.3 is 20.8 Å². The molecule has 174 valence electrons. The van der Waals surface area contributed by atoms with Crippen molar-refractivity contribution in [1.29, 1.82) is 0 Å². The number of urea groups is 1. The van der Waals surface area contributed by atoms with Crippen molar-refractivity contribution in [3.05, 3.63) is 22.9 Å². The molecule has 2 aliphatic heterocycles. The molecule has 31 heavy (non-hydrogen) atoms. The third kappa shape index (κ3) is 5.35. The molecule has 3 atom stereocenters. The van der Waals surface area contributed by atoms with Crippen molar-refractivity contribution in [3.8, 4) is 0 Å². The molecule has 0 spiro atoms. The van der Waals surface area contributed by atoms with E-state index in [2.05, 4.69) is 5.32 Å². The number of carbonyl (C=O) groups excluding carboxylic acids is 2. The normalized spacial score (nSPS) is 26.4. The Hall–Kier alpha value is -1.78. The van der Waals surface area contributed by atoms with Gasteiger partial charge >= 0.3 is 12.2 Å². The summed E-state index contributed by atoms with van der Waals surface area (Å²) < 4.78 is 41.0. The highest BCUT2D eigenvalue weighted by molar-refractivity contribution is 6.30. The lowest BCUT2D eigenvalue weighted by Gasteiger charge is -2.50. The Bertz CT molecular complexity index is 773. The second-order valence-electron chi connectivity index (χ2n) is 8.62. The van der Waals surface area contributed by atoms with E-state index in [1.807, 2.05) is 5.32 Å². The summed E-state index contributed by atoms with van der Waals surface area (Å²) in [5, 5.41) is 25.7. The Morgan fingerprint density at radius 1 is 1.32 bits per heavy atom. The van der Waals surface area contributed by atoms with E-state index in [4.69, 9.17) is 11.6 Å². The van der Waals surface area contributed by atoms with Gasteiger partial charge in [-0.2, -0.15) is 13.2 Å². The van der Waals surface area contributed by atoms with Crippen LogP contribution in [0.3, 0.4) is 0 Å². The Labute approximate surface area is 183 Å². The van der Waals surface area contributed by atoms with Gasteiger partial charge in [-0.05, 0) is 43.8 Å². The summed E-state index contributed by atoms with van der Waals surface area (Å²) in [5.74, 6) is -5.01. The Morgan fingerprint density at radius 2 is 1.97 bits per heavy atom. The third-order valence-electron chi connectivity index (χ3n) is 6.10. The number of dihydropyridines is 1. The minimum absolute atomic E-state index is 0.0541. The topological polar surface area (TPSA) is 102 Å². The van der Waals surface area contributed by atoms with E-state index in [1.165, 1.54) is 0 Å². The van der Waals surface area contributed by atoms with Crippen LogP contribution in [-0.2, 0) is 4.79 Å². The predicted octanol–water partition coefficient (Wildman–Crippen LogP) is 2.73. The predicted molar refractivity (Wildman–Crippen MR) is 107 cm³/mol. The minimum atomic E-state index is -4.68. The molecular formula is C20H27ClF3N3O4. The number of nitrogens with zero attached hydrogens (tertiary/aromatic N) is 1. The number of nitrogens with one attached hydrogen (secondary N) is 2. The lowest BCUT2D eigenvalue weighted by atomic mass is 9.78. The van der Waals surface area contributed by atoms with Crippen molar-refractivity contribution in [2.45, 2.75) is 69.5 Å². The van der Waals surface area contributed by atoms with Crippen LogP contribution in [0.15, 0.2) is 22.9 Å². The van der Waals surface area contributed by atoms with Gasteiger partial charge in [-0.1, -0.05) is 30.9 Å². The number of halogens is 4. The van der Waals surface area contributed by atoms with Crippen LogP contribution in [0, 0.1) is 11.8 Å². The zero-order chi connectivity index (χ0) is 23.0. The molecule has 11 heteroatoms. The Kier molecular flexibility index (Phi) is 6.93. The highest BCUT2D eigenvalue weighted by Crippen LogP contribution is 2.39. The molecule has 0 unspecified atom stereocenters. The zero-order valence-corrected chi connectivity index (χ0v) is 17.8. The molecule has 3 aliphatic rings. The quantitative estimate of drug-likeness (QED) is 0.369. The number of amides is 3. The summed E-state index contributed by atoms with van der Waals surface area (Å²) in [6.45, 7) is 1.41. The molecule has 0 bridgehead atoms. The minimum Gasteiger partial charge on any atom is -0.386 e. The molecule has 3 amide bonds. The van der Waals surface area contributed by atoms with E-state index < -0.39 is 47.8 Å². The highest BCUT2D eigenvalue weighted by atomic mass is 35.5. The number of hydrogen-bond donors (Lipinski definition) is 4. The largest absolute Gasteiger partial charge is 0.408 e. The fourth-order valence-electron chi connectivity index (χ4n) is 4.68. The molecule has 1 saturated heterocycles. The number of aliphatic hydroxyl groups is 2. The van der Waals surface area contributed by atoms with E-state index in [0.29, 0.717) is 47.7 Å². The lowest BCUT2D eigenvalue weighted by molar-refractivity contribution is -0.225. The third-order valence-corrected chi connectivity index (χ3v) is 6.34. The first-order chi connectivity index (χ1) is 14.4. The van der Waals surface area contributed by atoms with Crippen LogP contribution in [0.2, 0.25) is 0 Å². The van der Waals surface area contributed by atoms with Gasteiger partial charge in [0.25, 0.3) is 0 Å². The Balaban J connectivity index is 1.76. The second-order valence-corrected chi connectivity index (χ2v) is 9.10. The monoisotopic (exact) mass is 465 g/mol. The van der Waals surface area contributed by atoms with Gasteiger partial charge in [0.2, 0.25) is 5.91 Å². The molecule has 2 fully saturated rings. The van der Waals surface area contributed by atoms with Gasteiger partial charge in [-0.25, -0.2) is 4.79 Å². The number of likely N-dealkylation sites (tertiary alicyclic amines) is 1. The molecule has 4 N–H and O–H groups in total. The van der Waals surface area contributed by atoms with Gasteiger partial charge in [0.1, 0.15) is 12.1 Å². The number of imide groups is 1. The summed E-state index contributed by atoms with van der Waals surface area (Å²) in [5.41, 5.74) is 0.610. The van der Waals surface area contributed by atoms with Crippen LogP contribution in [0.25, 0.3) is 0 Å². The van der Waals surface area contributed by atoms with Crippen LogP contribution in [0.4, 0.5) is 18.0 Å².